The van der Waals surface area contributed by atoms with Gasteiger partial charge in [0.2, 0.25) is 11.8 Å². The number of nitrogens with one attached hydrogen (secondary N) is 1. The monoisotopic (exact) mass is 485 g/mol. The number of rotatable bonds is 9. The zero-order valence-corrected chi connectivity index (χ0v) is 20.8. The minimum absolute atomic E-state index is 0.000818. The van der Waals surface area contributed by atoms with Crippen molar-refractivity contribution in [2.75, 3.05) is 6.54 Å². The van der Waals surface area contributed by atoms with Gasteiger partial charge in [-0.05, 0) is 57.4 Å². The third-order valence-electron chi connectivity index (χ3n) is 5.86. The third-order valence-corrected chi connectivity index (χ3v) is 7.70. The molecule has 34 heavy (non-hydrogen) atoms. The number of nitrogens with zero attached hydrogens (tertiary/aromatic N) is 2. The van der Waals surface area contributed by atoms with E-state index in [9.17, 15) is 22.8 Å². The Morgan fingerprint density at radius 1 is 1.03 bits per heavy atom. The minimum atomic E-state index is -3.92. The predicted octanol–water partition coefficient (Wildman–Crippen LogP) is 2.86. The van der Waals surface area contributed by atoms with E-state index in [1.165, 1.54) is 17.0 Å². The maximum absolute atomic E-state index is 13.2. The Hall–Kier alpha value is -3.20. The Morgan fingerprint density at radius 2 is 1.68 bits per heavy atom. The van der Waals surface area contributed by atoms with E-state index < -0.39 is 22.0 Å². The number of fused-ring (bicyclic) bond motifs is 1. The van der Waals surface area contributed by atoms with Gasteiger partial charge in [0, 0.05) is 25.6 Å². The number of aryl methyl sites for hydroxylation is 1. The highest BCUT2D eigenvalue weighted by atomic mass is 32.2. The molecule has 0 aliphatic carbocycles. The molecule has 1 N–H and O–H groups in total. The topological polar surface area (TPSA) is 104 Å². The normalized spacial score (nSPS) is 15.2. The molecule has 3 amide bonds. The van der Waals surface area contributed by atoms with Gasteiger partial charge in [0.15, 0.2) is 0 Å². The molecule has 1 aliphatic heterocycles. The van der Waals surface area contributed by atoms with Crippen molar-refractivity contribution < 1.29 is 22.8 Å². The number of hydrogen-bond donors (Lipinski definition) is 1. The molecule has 2 aromatic rings. The summed E-state index contributed by atoms with van der Waals surface area (Å²) < 4.78 is 26.3. The van der Waals surface area contributed by atoms with Crippen LogP contribution in [0.25, 0.3) is 0 Å². The minimum Gasteiger partial charge on any atom is -0.352 e. The lowest BCUT2D eigenvalue weighted by molar-refractivity contribution is -0.140. The van der Waals surface area contributed by atoms with Gasteiger partial charge in [-0.25, -0.2) is 12.7 Å². The standard InChI is InChI=1S/C25H31N3O5S/c1-17(2)26-24(30)19(4)27(16-20-11-6-5-10-18(20)3)23(29)14-9-15-28-25(31)21-12-7-8-13-22(21)34(28,32)33/h5-8,10-13,17,19H,9,14-16H2,1-4H3,(H,26,30)/t19-/m1/s1. The zero-order chi connectivity index (χ0) is 25.0. The lowest BCUT2D eigenvalue weighted by Gasteiger charge is -2.30. The summed E-state index contributed by atoms with van der Waals surface area (Å²) in [4.78, 5) is 40.0. The van der Waals surface area contributed by atoms with Crippen molar-refractivity contribution in [3.63, 3.8) is 0 Å². The van der Waals surface area contributed by atoms with E-state index in [1.54, 1.807) is 19.1 Å². The average molecular weight is 486 g/mol. The maximum atomic E-state index is 13.2. The van der Waals surface area contributed by atoms with Crippen LogP contribution in [0, 0.1) is 6.92 Å². The van der Waals surface area contributed by atoms with Crippen LogP contribution >= 0.6 is 0 Å². The average Bonchev–Trinajstić information content (AvgIpc) is 2.98. The van der Waals surface area contributed by atoms with E-state index in [4.69, 9.17) is 0 Å². The summed E-state index contributed by atoms with van der Waals surface area (Å²) >= 11 is 0. The van der Waals surface area contributed by atoms with Crippen molar-refractivity contribution in [3.8, 4) is 0 Å². The molecule has 1 atom stereocenters. The number of sulfonamides is 1. The van der Waals surface area contributed by atoms with Crippen LogP contribution in [0.2, 0.25) is 0 Å². The van der Waals surface area contributed by atoms with Crippen molar-refractivity contribution in [2.24, 2.45) is 0 Å². The van der Waals surface area contributed by atoms with Crippen LogP contribution in [0.1, 0.15) is 55.1 Å². The Kier molecular flexibility index (Phi) is 7.76. The second kappa shape index (κ2) is 10.4. The molecule has 2 aromatic carbocycles. The summed E-state index contributed by atoms with van der Waals surface area (Å²) in [6.07, 6.45) is 0.154. The molecule has 0 radical (unpaired) electrons. The van der Waals surface area contributed by atoms with Gasteiger partial charge in [0.1, 0.15) is 10.9 Å². The van der Waals surface area contributed by atoms with Gasteiger partial charge in [-0.15, -0.1) is 0 Å². The van der Waals surface area contributed by atoms with Crippen LogP contribution in [-0.2, 0) is 26.2 Å². The largest absolute Gasteiger partial charge is 0.352 e. The summed E-state index contributed by atoms with van der Waals surface area (Å²) in [6, 6.07) is 12.9. The molecule has 0 fully saturated rings. The first kappa shape index (κ1) is 25.4. The fraction of sp³-hybridized carbons (Fsp3) is 0.400. The van der Waals surface area contributed by atoms with Crippen molar-refractivity contribution in [3.05, 3.63) is 65.2 Å². The van der Waals surface area contributed by atoms with E-state index in [-0.39, 0.29) is 54.2 Å². The molecule has 3 rings (SSSR count). The van der Waals surface area contributed by atoms with Crippen LogP contribution in [0.4, 0.5) is 0 Å². The Labute approximate surface area is 201 Å². The van der Waals surface area contributed by atoms with Gasteiger partial charge in [-0.2, -0.15) is 0 Å². The van der Waals surface area contributed by atoms with Gasteiger partial charge in [-0.3, -0.25) is 14.4 Å². The van der Waals surface area contributed by atoms with Crippen molar-refractivity contribution in [1.82, 2.24) is 14.5 Å². The van der Waals surface area contributed by atoms with Gasteiger partial charge < -0.3 is 10.2 Å². The van der Waals surface area contributed by atoms with E-state index in [0.29, 0.717) is 0 Å². The van der Waals surface area contributed by atoms with Gasteiger partial charge in [0.05, 0.1) is 5.56 Å². The molecule has 0 aromatic heterocycles. The fourth-order valence-corrected chi connectivity index (χ4v) is 5.54. The molecular formula is C25H31N3O5S. The van der Waals surface area contributed by atoms with E-state index in [1.807, 2.05) is 45.0 Å². The molecule has 0 saturated carbocycles. The van der Waals surface area contributed by atoms with Gasteiger partial charge in [-0.1, -0.05) is 36.4 Å². The second-order valence-electron chi connectivity index (χ2n) is 8.77. The third kappa shape index (κ3) is 5.30. The van der Waals surface area contributed by atoms with Crippen LogP contribution in [0.15, 0.2) is 53.4 Å². The molecule has 0 spiro atoms. The molecular weight excluding hydrogens is 454 g/mol. The quantitative estimate of drug-likeness (QED) is 0.588. The molecule has 1 aliphatic rings. The lowest BCUT2D eigenvalue weighted by Crippen LogP contribution is -2.49. The Morgan fingerprint density at radius 3 is 2.32 bits per heavy atom. The van der Waals surface area contributed by atoms with Crippen molar-refractivity contribution >= 4 is 27.7 Å². The zero-order valence-electron chi connectivity index (χ0n) is 19.9. The number of amides is 3. The van der Waals surface area contributed by atoms with Crippen molar-refractivity contribution in [2.45, 2.75) is 64.1 Å². The smallest absolute Gasteiger partial charge is 0.269 e. The summed E-state index contributed by atoms with van der Waals surface area (Å²) in [5.41, 5.74) is 2.07. The van der Waals surface area contributed by atoms with Crippen LogP contribution in [0.3, 0.4) is 0 Å². The highest BCUT2D eigenvalue weighted by Gasteiger charge is 2.40. The molecule has 8 nitrogen and oxygen atoms in total. The van der Waals surface area contributed by atoms with E-state index in [2.05, 4.69) is 5.32 Å². The van der Waals surface area contributed by atoms with E-state index in [0.717, 1.165) is 15.4 Å². The molecule has 1 heterocycles. The number of benzene rings is 2. The van der Waals surface area contributed by atoms with Crippen LogP contribution in [0.5, 0.6) is 0 Å². The van der Waals surface area contributed by atoms with Gasteiger partial charge >= 0.3 is 0 Å². The van der Waals surface area contributed by atoms with E-state index >= 15 is 0 Å². The summed E-state index contributed by atoms with van der Waals surface area (Å²) in [6.45, 7) is 7.47. The number of hydrogen-bond acceptors (Lipinski definition) is 5. The first-order chi connectivity index (χ1) is 16.0. The summed E-state index contributed by atoms with van der Waals surface area (Å²) in [5, 5.41) is 2.84. The van der Waals surface area contributed by atoms with Gasteiger partial charge in [0.25, 0.3) is 15.9 Å². The highest BCUT2D eigenvalue weighted by Crippen LogP contribution is 2.30. The first-order valence-corrected chi connectivity index (χ1v) is 12.8. The Bertz CT molecular complexity index is 1190. The van der Waals surface area contributed by atoms with Crippen molar-refractivity contribution in [1.29, 1.82) is 0 Å². The number of carbonyl (C=O) groups is 3. The lowest BCUT2D eigenvalue weighted by atomic mass is 10.1. The predicted molar refractivity (Wildman–Crippen MR) is 128 cm³/mol. The highest BCUT2D eigenvalue weighted by molar-refractivity contribution is 7.90. The second-order valence-corrected chi connectivity index (χ2v) is 10.6. The first-order valence-electron chi connectivity index (χ1n) is 11.3. The maximum Gasteiger partial charge on any atom is 0.269 e. The molecule has 0 saturated heterocycles. The SMILES string of the molecule is Cc1ccccc1CN(C(=O)CCCN1C(=O)c2ccccc2S1(=O)=O)[C@H](C)C(=O)NC(C)C. The fourth-order valence-electron chi connectivity index (χ4n) is 3.93. The molecule has 182 valence electrons. The van der Waals surface area contributed by atoms with Crippen LogP contribution < -0.4 is 5.32 Å². The Balaban J connectivity index is 1.72. The molecule has 0 unspecified atom stereocenters. The van der Waals surface area contributed by atoms with Crippen LogP contribution in [-0.4, -0.2) is 54.0 Å². The molecule has 0 bridgehead atoms. The summed E-state index contributed by atoms with van der Waals surface area (Å²) in [5.74, 6) is -1.12. The summed E-state index contributed by atoms with van der Waals surface area (Å²) in [7, 11) is -3.92. The molecule has 9 heteroatoms. The number of carbonyl (C=O) groups excluding carboxylic acids is 3.